The highest BCUT2D eigenvalue weighted by atomic mass is 16.6. The molecule has 0 saturated carbocycles. The molecule has 1 fully saturated rings. The minimum atomic E-state index is -1.18. The fourth-order valence-corrected chi connectivity index (χ4v) is 5.66. The van der Waals surface area contributed by atoms with Crippen LogP contribution >= 0.6 is 0 Å². The van der Waals surface area contributed by atoms with Crippen molar-refractivity contribution in [1.29, 1.82) is 0 Å². The van der Waals surface area contributed by atoms with E-state index in [1.807, 2.05) is 71.9 Å². The number of hydrogen-bond acceptors (Lipinski definition) is 8. The third kappa shape index (κ3) is 10.5. The molecule has 0 radical (unpaired) electrons. The van der Waals surface area contributed by atoms with E-state index in [0.29, 0.717) is 19.3 Å². The fourth-order valence-electron chi connectivity index (χ4n) is 5.66. The number of hydrogen-bond donors (Lipinski definition) is 3. The third-order valence-electron chi connectivity index (χ3n) is 8.87. The number of carbonyl (C=O) groups is 3. The molecule has 1 saturated heterocycles. The van der Waals surface area contributed by atoms with E-state index in [0.717, 1.165) is 11.1 Å². The summed E-state index contributed by atoms with van der Waals surface area (Å²) in [5, 5.41) is 22.1. The Morgan fingerprint density at radius 1 is 1.14 bits per heavy atom. The van der Waals surface area contributed by atoms with Crippen LogP contribution in [-0.4, -0.2) is 58.3 Å². The second kappa shape index (κ2) is 16.6. The molecule has 0 aromatic carbocycles. The number of primary amides is 1. The molecular formula is C34H51NO8. The van der Waals surface area contributed by atoms with Gasteiger partial charge in [0, 0.05) is 30.1 Å². The summed E-state index contributed by atoms with van der Waals surface area (Å²) < 4.78 is 16.6. The Labute approximate surface area is 256 Å². The van der Waals surface area contributed by atoms with Crippen LogP contribution in [0.2, 0.25) is 0 Å². The highest BCUT2D eigenvalue weighted by molar-refractivity contribution is 5.72. The highest BCUT2D eigenvalue weighted by Crippen LogP contribution is 2.36. The number of cyclic esters (lactones) is 2. The van der Waals surface area contributed by atoms with Crippen LogP contribution in [0.1, 0.15) is 80.6 Å². The van der Waals surface area contributed by atoms with Gasteiger partial charge in [0.05, 0.1) is 18.1 Å². The summed E-state index contributed by atoms with van der Waals surface area (Å²) in [6, 6.07) is 0. The van der Waals surface area contributed by atoms with Crippen LogP contribution in [0.4, 0.5) is 4.79 Å². The van der Waals surface area contributed by atoms with Gasteiger partial charge in [0.1, 0.15) is 18.3 Å². The van der Waals surface area contributed by atoms with Crippen molar-refractivity contribution in [2.75, 3.05) is 0 Å². The predicted octanol–water partition coefficient (Wildman–Crippen LogP) is 5.47. The van der Waals surface area contributed by atoms with Crippen LogP contribution in [0.5, 0.6) is 0 Å². The normalized spacial score (nSPS) is 38.0. The van der Waals surface area contributed by atoms with Gasteiger partial charge in [-0.3, -0.25) is 9.59 Å². The molecule has 0 aromatic heterocycles. The zero-order valence-corrected chi connectivity index (χ0v) is 26.7. The maximum absolute atomic E-state index is 12.9. The van der Waals surface area contributed by atoms with Gasteiger partial charge in [0.2, 0.25) is 0 Å². The Bertz CT molecular complexity index is 1120. The Morgan fingerprint density at radius 2 is 1.81 bits per heavy atom. The number of rotatable bonds is 6. The van der Waals surface area contributed by atoms with E-state index in [2.05, 4.69) is 0 Å². The summed E-state index contributed by atoms with van der Waals surface area (Å²) in [5.74, 6) is -1.79. The van der Waals surface area contributed by atoms with E-state index in [4.69, 9.17) is 19.9 Å². The average Bonchev–Trinajstić information content (AvgIpc) is 2.95. The van der Waals surface area contributed by atoms with Crippen molar-refractivity contribution >= 4 is 18.0 Å². The summed E-state index contributed by atoms with van der Waals surface area (Å²) in [4.78, 5) is 36.5. The molecule has 9 heteroatoms. The number of allylic oxidation sites excluding steroid dienone is 5. The number of nitrogens with two attached hydrogens (primary N) is 1. The predicted molar refractivity (Wildman–Crippen MR) is 166 cm³/mol. The van der Waals surface area contributed by atoms with Gasteiger partial charge in [-0.1, -0.05) is 82.7 Å². The lowest BCUT2D eigenvalue weighted by atomic mass is 9.77. The van der Waals surface area contributed by atoms with Gasteiger partial charge >= 0.3 is 18.0 Å². The highest BCUT2D eigenvalue weighted by Gasteiger charge is 2.45. The molecule has 2 aliphatic heterocycles. The van der Waals surface area contributed by atoms with Crippen molar-refractivity contribution in [3.05, 3.63) is 59.8 Å². The first-order valence-corrected chi connectivity index (χ1v) is 15.3. The quantitative estimate of drug-likeness (QED) is 0.157. The molecule has 0 aromatic rings. The largest absolute Gasteiger partial charge is 0.462 e. The molecule has 0 unspecified atom stereocenters. The van der Waals surface area contributed by atoms with Gasteiger partial charge in [-0.05, 0) is 44.8 Å². The maximum Gasteiger partial charge on any atom is 0.405 e. The van der Waals surface area contributed by atoms with Gasteiger partial charge in [-0.25, -0.2) is 4.79 Å². The maximum atomic E-state index is 12.9. The van der Waals surface area contributed by atoms with Crippen LogP contribution in [0.25, 0.3) is 0 Å². The molecule has 43 heavy (non-hydrogen) atoms. The molecular weight excluding hydrogens is 550 g/mol. The van der Waals surface area contributed by atoms with Crippen LogP contribution in [0, 0.1) is 23.7 Å². The van der Waals surface area contributed by atoms with Gasteiger partial charge < -0.3 is 30.2 Å². The van der Waals surface area contributed by atoms with E-state index in [1.165, 1.54) is 0 Å². The lowest BCUT2D eigenvalue weighted by Crippen LogP contribution is -2.50. The minimum absolute atomic E-state index is 0.0525. The number of carbonyl (C=O) groups excluding carboxylic acids is 3. The summed E-state index contributed by atoms with van der Waals surface area (Å²) in [6.07, 6.45) is 12.7. The van der Waals surface area contributed by atoms with Crippen molar-refractivity contribution in [2.45, 2.75) is 111 Å². The zero-order valence-electron chi connectivity index (χ0n) is 26.7. The first-order chi connectivity index (χ1) is 20.2. The lowest BCUT2D eigenvalue weighted by molar-refractivity contribution is -0.182. The number of amides is 1. The summed E-state index contributed by atoms with van der Waals surface area (Å²) in [6.45, 7) is 13.2. The van der Waals surface area contributed by atoms with E-state index >= 15 is 0 Å². The number of ether oxygens (including phenoxy) is 3. The van der Waals surface area contributed by atoms with Gasteiger partial charge in [-0.2, -0.15) is 0 Å². The molecule has 0 aliphatic carbocycles. The van der Waals surface area contributed by atoms with E-state index in [-0.39, 0.29) is 42.7 Å². The van der Waals surface area contributed by atoms with Crippen molar-refractivity contribution in [1.82, 2.24) is 0 Å². The fraction of sp³-hybridized carbons (Fsp3) is 0.618. The van der Waals surface area contributed by atoms with Crippen LogP contribution in [-0.2, 0) is 23.8 Å². The zero-order chi connectivity index (χ0) is 32.3. The molecule has 9 atom stereocenters. The van der Waals surface area contributed by atoms with Crippen molar-refractivity contribution in [3.8, 4) is 0 Å². The number of aliphatic hydroxyl groups excluding tert-OH is 1. The van der Waals surface area contributed by atoms with Crippen molar-refractivity contribution < 1.29 is 38.8 Å². The molecule has 2 heterocycles. The van der Waals surface area contributed by atoms with Gasteiger partial charge in [0.15, 0.2) is 0 Å². The molecule has 2 aliphatic rings. The Morgan fingerprint density at radius 3 is 2.47 bits per heavy atom. The second-order valence-corrected chi connectivity index (χ2v) is 12.1. The second-order valence-electron chi connectivity index (χ2n) is 12.1. The summed E-state index contributed by atoms with van der Waals surface area (Å²) in [7, 11) is 0. The minimum Gasteiger partial charge on any atom is -0.462 e. The first kappa shape index (κ1) is 36.0. The third-order valence-corrected chi connectivity index (χ3v) is 8.87. The Hall–Kier alpha value is -3.17. The molecule has 1 amide bonds. The van der Waals surface area contributed by atoms with E-state index in [1.54, 1.807) is 25.2 Å². The number of aliphatic hydroxyl groups is 2. The van der Waals surface area contributed by atoms with Crippen LogP contribution in [0.3, 0.4) is 0 Å². The van der Waals surface area contributed by atoms with Crippen LogP contribution in [0.15, 0.2) is 59.8 Å². The smallest absolute Gasteiger partial charge is 0.405 e. The standard InChI is InChI=1S/C34H51NO8/c1-8-27-26(7)34(40,20-30(37)41-27)19-12-11-15-23(4)32-22(3)14-9-10-17-28(42-33(35)39)25(6)31(38)24(5)21(2)16-13-18-29(36)43-32/h9-12,14-17,22,24-28,31-32,38,40H,8,13,18-20H2,1-7H3,(H2,35,39)/b12-11+,14-9-,17-10-,21-16+,23-15+/t22-,24+,25+,26+,27+,28-,31-,32-,34+/m0/s1. The lowest BCUT2D eigenvalue weighted by Gasteiger charge is -2.41. The molecule has 0 spiro atoms. The summed E-state index contributed by atoms with van der Waals surface area (Å²) >= 11 is 0. The molecule has 9 nitrogen and oxygen atoms in total. The monoisotopic (exact) mass is 601 g/mol. The SMILES string of the molecule is CC[C@H]1OC(=O)C[C@](O)(C/C=C/C=C(\C)[C@H]2OC(=O)CC/C=C(\C)[C@@H](C)[C@H](O)[C@H](C)[C@@H](OC(N)=O)/C=C\C=C/[C@@H]2C)[C@@H]1C. The van der Waals surface area contributed by atoms with Gasteiger partial charge in [-0.15, -0.1) is 0 Å². The van der Waals surface area contributed by atoms with E-state index < -0.39 is 41.9 Å². The molecule has 240 valence electrons. The summed E-state index contributed by atoms with van der Waals surface area (Å²) in [5.41, 5.74) is 5.85. The van der Waals surface area contributed by atoms with E-state index in [9.17, 15) is 24.6 Å². The topological polar surface area (TPSA) is 145 Å². The molecule has 0 bridgehead atoms. The Balaban J connectivity index is 2.29. The Kier molecular flexibility index (Phi) is 13.9. The van der Waals surface area contributed by atoms with Crippen molar-refractivity contribution in [2.24, 2.45) is 29.4 Å². The first-order valence-electron chi connectivity index (χ1n) is 15.3. The van der Waals surface area contributed by atoms with Gasteiger partial charge in [0.25, 0.3) is 0 Å². The molecule has 4 N–H and O–H groups in total. The van der Waals surface area contributed by atoms with Crippen LogP contribution < -0.4 is 5.73 Å². The average molecular weight is 602 g/mol. The van der Waals surface area contributed by atoms with Crippen molar-refractivity contribution in [3.63, 3.8) is 0 Å². The number of esters is 2. The molecule has 2 rings (SSSR count).